The third-order valence-electron chi connectivity index (χ3n) is 4.27. The Bertz CT molecular complexity index is 284. The molecule has 0 aromatic rings. The molecule has 0 amide bonds. The SMILES string of the molecule is CCCCCCCCCCC1CN(C)CCN1OC(C)=O. The maximum Gasteiger partial charge on any atom is 0.322 e. The van der Waals surface area contributed by atoms with Crippen LogP contribution in [0, 0.1) is 0 Å². The van der Waals surface area contributed by atoms with Crippen molar-refractivity contribution in [2.24, 2.45) is 0 Å². The van der Waals surface area contributed by atoms with Gasteiger partial charge in [-0.1, -0.05) is 58.3 Å². The molecule has 1 rings (SSSR count). The lowest BCUT2D eigenvalue weighted by Crippen LogP contribution is -2.52. The van der Waals surface area contributed by atoms with Gasteiger partial charge in [-0.2, -0.15) is 0 Å². The van der Waals surface area contributed by atoms with E-state index in [4.69, 9.17) is 4.84 Å². The second-order valence-electron chi connectivity index (χ2n) is 6.40. The highest BCUT2D eigenvalue weighted by Gasteiger charge is 2.27. The van der Waals surface area contributed by atoms with E-state index in [0.717, 1.165) is 26.1 Å². The molecule has 1 aliphatic rings. The highest BCUT2D eigenvalue weighted by atomic mass is 16.7. The van der Waals surface area contributed by atoms with Crippen molar-refractivity contribution in [1.82, 2.24) is 9.96 Å². The van der Waals surface area contributed by atoms with Crippen molar-refractivity contribution in [2.45, 2.75) is 77.7 Å². The van der Waals surface area contributed by atoms with Crippen molar-refractivity contribution in [3.8, 4) is 0 Å². The van der Waals surface area contributed by atoms with E-state index in [1.54, 1.807) is 0 Å². The van der Waals surface area contributed by atoms with Crippen molar-refractivity contribution in [3.05, 3.63) is 0 Å². The fourth-order valence-electron chi connectivity index (χ4n) is 3.03. The van der Waals surface area contributed by atoms with Gasteiger partial charge in [0.1, 0.15) is 0 Å². The van der Waals surface area contributed by atoms with E-state index < -0.39 is 0 Å². The molecule has 0 bridgehead atoms. The Balaban J connectivity index is 2.13. The smallest absolute Gasteiger partial charge is 0.322 e. The summed E-state index contributed by atoms with van der Waals surface area (Å²) in [5.41, 5.74) is 0. The van der Waals surface area contributed by atoms with Gasteiger partial charge >= 0.3 is 5.97 Å². The van der Waals surface area contributed by atoms with Crippen LogP contribution in [0.1, 0.15) is 71.6 Å². The molecule has 0 saturated carbocycles. The van der Waals surface area contributed by atoms with E-state index in [-0.39, 0.29) is 5.97 Å². The fourth-order valence-corrected chi connectivity index (χ4v) is 3.03. The van der Waals surface area contributed by atoms with Gasteiger partial charge in [0.05, 0.1) is 6.04 Å². The van der Waals surface area contributed by atoms with Gasteiger partial charge in [-0.15, -0.1) is 5.06 Å². The highest BCUT2D eigenvalue weighted by Crippen LogP contribution is 2.17. The molecule has 1 atom stereocenters. The van der Waals surface area contributed by atoms with Gasteiger partial charge in [0.15, 0.2) is 0 Å². The first-order chi connectivity index (χ1) is 10.1. The summed E-state index contributed by atoms with van der Waals surface area (Å²) in [5, 5.41) is 1.91. The summed E-state index contributed by atoms with van der Waals surface area (Å²) in [6.07, 6.45) is 11.9. The Kier molecular flexibility index (Phi) is 9.68. The second kappa shape index (κ2) is 11.0. The molecule has 0 aromatic heterocycles. The van der Waals surface area contributed by atoms with E-state index in [1.807, 2.05) is 5.06 Å². The van der Waals surface area contributed by atoms with Crippen molar-refractivity contribution < 1.29 is 9.63 Å². The number of piperazine rings is 1. The minimum atomic E-state index is -0.194. The average molecular weight is 298 g/mol. The van der Waals surface area contributed by atoms with E-state index >= 15 is 0 Å². The average Bonchev–Trinajstić information content (AvgIpc) is 2.44. The molecule has 1 saturated heterocycles. The topological polar surface area (TPSA) is 32.8 Å². The van der Waals surface area contributed by atoms with Gasteiger partial charge < -0.3 is 9.74 Å². The normalized spacial score (nSPS) is 20.6. The first-order valence-corrected chi connectivity index (χ1v) is 8.77. The number of unbranched alkanes of at least 4 members (excludes halogenated alkanes) is 7. The predicted octanol–water partition coefficient (Wildman–Crippen LogP) is 3.61. The summed E-state index contributed by atoms with van der Waals surface area (Å²) in [7, 11) is 2.14. The zero-order chi connectivity index (χ0) is 15.5. The summed E-state index contributed by atoms with van der Waals surface area (Å²) in [4.78, 5) is 18.8. The van der Waals surface area contributed by atoms with Gasteiger partial charge in [0.2, 0.25) is 0 Å². The van der Waals surface area contributed by atoms with Crippen LogP contribution in [-0.2, 0) is 9.63 Å². The number of hydroxylamine groups is 2. The van der Waals surface area contributed by atoms with E-state index in [1.165, 1.54) is 58.3 Å². The zero-order valence-corrected chi connectivity index (χ0v) is 14.3. The van der Waals surface area contributed by atoms with Crippen LogP contribution >= 0.6 is 0 Å². The molecule has 4 heteroatoms. The number of carbonyl (C=O) groups excluding carboxylic acids is 1. The summed E-state index contributed by atoms with van der Waals surface area (Å²) in [5.74, 6) is -0.194. The molecular weight excluding hydrogens is 264 g/mol. The van der Waals surface area contributed by atoms with E-state index in [0.29, 0.717) is 6.04 Å². The lowest BCUT2D eigenvalue weighted by atomic mass is 10.0. The van der Waals surface area contributed by atoms with Crippen molar-refractivity contribution in [2.75, 3.05) is 26.7 Å². The monoisotopic (exact) mass is 298 g/mol. The highest BCUT2D eigenvalue weighted by molar-refractivity contribution is 5.65. The molecule has 0 N–H and O–H groups in total. The molecule has 1 fully saturated rings. The summed E-state index contributed by atoms with van der Waals surface area (Å²) >= 11 is 0. The predicted molar refractivity (Wildman–Crippen MR) is 87.0 cm³/mol. The number of rotatable bonds is 10. The van der Waals surface area contributed by atoms with Crippen LogP contribution < -0.4 is 0 Å². The third kappa shape index (κ3) is 8.42. The lowest BCUT2D eigenvalue weighted by molar-refractivity contribution is -0.210. The molecule has 1 unspecified atom stereocenters. The van der Waals surface area contributed by atoms with Crippen LogP contribution in [0.4, 0.5) is 0 Å². The van der Waals surface area contributed by atoms with Gasteiger partial charge in [-0.25, -0.2) is 0 Å². The molecule has 0 aliphatic carbocycles. The zero-order valence-electron chi connectivity index (χ0n) is 14.3. The van der Waals surface area contributed by atoms with E-state index in [9.17, 15) is 4.79 Å². The van der Waals surface area contributed by atoms with Crippen LogP contribution in [0.2, 0.25) is 0 Å². The van der Waals surface area contributed by atoms with Gasteiger partial charge in [-0.05, 0) is 13.5 Å². The Hall–Kier alpha value is -0.610. The maximum atomic E-state index is 11.2. The standard InChI is InChI=1S/C17H34N2O2/c1-4-5-6-7-8-9-10-11-12-17-15-18(3)13-14-19(17)21-16(2)20/h17H,4-15H2,1-3H3. The summed E-state index contributed by atoms with van der Waals surface area (Å²) in [6, 6.07) is 0.368. The van der Waals surface area contributed by atoms with Crippen LogP contribution in [0.3, 0.4) is 0 Å². The second-order valence-corrected chi connectivity index (χ2v) is 6.40. The summed E-state index contributed by atoms with van der Waals surface area (Å²) in [6.45, 7) is 6.56. The van der Waals surface area contributed by atoms with Crippen molar-refractivity contribution >= 4 is 5.97 Å². The maximum absolute atomic E-state index is 11.2. The molecule has 4 nitrogen and oxygen atoms in total. The van der Waals surface area contributed by atoms with Gasteiger partial charge in [0.25, 0.3) is 0 Å². The van der Waals surface area contributed by atoms with Crippen LogP contribution in [0.5, 0.6) is 0 Å². The Morgan fingerprint density at radius 3 is 2.29 bits per heavy atom. The Morgan fingerprint density at radius 2 is 1.67 bits per heavy atom. The molecule has 21 heavy (non-hydrogen) atoms. The van der Waals surface area contributed by atoms with Crippen molar-refractivity contribution in [1.29, 1.82) is 0 Å². The minimum absolute atomic E-state index is 0.194. The molecule has 0 aromatic carbocycles. The summed E-state index contributed by atoms with van der Waals surface area (Å²) < 4.78 is 0. The largest absolute Gasteiger partial charge is 0.368 e. The fraction of sp³-hybridized carbons (Fsp3) is 0.941. The lowest BCUT2D eigenvalue weighted by Gasteiger charge is -2.38. The van der Waals surface area contributed by atoms with Gasteiger partial charge in [0, 0.05) is 26.6 Å². The molecule has 1 aliphatic heterocycles. The van der Waals surface area contributed by atoms with Crippen LogP contribution in [-0.4, -0.2) is 48.7 Å². The molecule has 0 radical (unpaired) electrons. The van der Waals surface area contributed by atoms with Crippen LogP contribution in [0.25, 0.3) is 0 Å². The first-order valence-electron chi connectivity index (χ1n) is 8.77. The number of hydrogen-bond acceptors (Lipinski definition) is 4. The molecule has 1 heterocycles. The number of likely N-dealkylation sites (N-methyl/N-ethyl adjacent to an activating group) is 1. The first kappa shape index (κ1) is 18.4. The number of nitrogens with zero attached hydrogens (tertiary/aromatic N) is 2. The quantitative estimate of drug-likeness (QED) is 0.577. The number of hydrogen-bond donors (Lipinski definition) is 0. The minimum Gasteiger partial charge on any atom is -0.368 e. The van der Waals surface area contributed by atoms with E-state index in [2.05, 4.69) is 18.9 Å². The third-order valence-corrected chi connectivity index (χ3v) is 4.27. The van der Waals surface area contributed by atoms with Crippen LogP contribution in [0.15, 0.2) is 0 Å². The number of carbonyl (C=O) groups is 1. The molecule has 0 spiro atoms. The van der Waals surface area contributed by atoms with Crippen molar-refractivity contribution in [3.63, 3.8) is 0 Å². The molecule has 124 valence electrons. The Labute approximate surface area is 130 Å². The molecular formula is C17H34N2O2. The Morgan fingerprint density at radius 1 is 1.05 bits per heavy atom. The van der Waals surface area contributed by atoms with Gasteiger partial charge in [-0.3, -0.25) is 4.79 Å².